The molecular formula is C12H16O6. The van der Waals surface area contributed by atoms with Crippen molar-refractivity contribution in [1.82, 2.24) is 0 Å². The number of carboxylic acid groups (broad SMARTS) is 1. The monoisotopic (exact) mass is 256 g/mol. The largest absolute Gasteiger partial charge is 0.490 e. The van der Waals surface area contributed by atoms with Gasteiger partial charge in [0.05, 0.1) is 7.11 Å². The Hall–Kier alpha value is -2.37. The third-order valence-corrected chi connectivity index (χ3v) is 1.37. The van der Waals surface area contributed by atoms with E-state index in [1.54, 1.807) is 0 Å². The lowest BCUT2D eigenvalue weighted by molar-refractivity contribution is -0.156. The zero-order valence-electron chi connectivity index (χ0n) is 10.6. The van der Waals surface area contributed by atoms with Crippen LogP contribution in [0.1, 0.15) is 13.8 Å². The van der Waals surface area contributed by atoms with Gasteiger partial charge in [-0.1, -0.05) is 13.2 Å². The van der Waals surface area contributed by atoms with Crippen LogP contribution < -0.4 is 0 Å². The first-order chi connectivity index (χ1) is 8.13. The fourth-order valence-electron chi connectivity index (χ4n) is 0.312. The van der Waals surface area contributed by atoms with Crippen molar-refractivity contribution in [3.8, 4) is 0 Å². The summed E-state index contributed by atoms with van der Waals surface area (Å²) >= 11 is 0. The highest BCUT2D eigenvalue weighted by molar-refractivity contribution is 6.00. The van der Waals surface area contributed by atoms with Gasteiger partial charge in [0.1, 0.15) is 0 Å². The van der Waals surface area contributed by atoms with Gasteiger partial charge in [-0.2, -0.15) is 0 Å². The normalized spacial score (nSPS) is 8.17. The predicted molar refractivity (Wildman–Crippen MR) is 64.5 cm³/mol. The highest BCUT2D eigenvalue weighted by atomic mass is 16.6. The lowest BCUT2D eigenvalue weighted by Crippen LogP contribution is -2.14. The van der Waals surface area contributed by atoms with E-state index in [-0.39, 0.29) is 16.9 Å². The summed E-state index contributed by atoms with van der Waals surface area (Å²) in [7, 11) is 1.26. The molecule has 0 aliphatic carbocycles. The maximum atomic E-state index is 10.8. The van der Waals surface area contributed by atoms with E-state index >= 15 is 0 Å². The SMILES string of the molecule is C=C(C)C(=O)O.C=C(C)C(=O)OC(=O)C(=C)OC. The third kappa shape index (κ3) is 8.90. The summed E-state index contributed by atoms with van der Waals surface area (Å²) in [5.74, 6) is -2.83. The van der Waals surface area contributed by atoms with E-state index in [0.29, 0.717) is 0 Å². The molecule has 0 aliphatic rings. The first kappa shape index (κ1) is 18.0. The Morgan fingerprint density at radius 3 is 1.56 bits per heavy atom. The number of carbonyl (C=O) groups is 3. The van der Waals surface area contributed by atoms with Crippen molar-refractivity contribution < 1.29 is 29.0 Å². The number of carbonyl (C=O) groups excluding carboxylic acids is 2. The molecule has 0 aliphatic heterocycles. The van der Waals surface area contributed by atoms with E-state index < -0.39 is 17.9 Å². The van der Waals surface area contributed by atoms with Crippen LogP contribution in [0.2, 0.25) is 0 Å². The molecule has 0 saturated heterocycles. The minimum absolute atomic E-state index is 0.146. The molecule has 6 nitrogen and oxygen atoms in total. The summed E-state index contributed by atoms with van der Waals surface area (Å²) in [6, 6.07) is 0. The predicted octanol–water partition coefficient (Wildman–Crippen LogP) is 1.44. The molecule has 0 aromatic rings. The summed E-state index contributed by atoms with van der Waals surface area (Å²) in [5, 5.41) is 7.89. The van der Waals surface area contributed by atoms with Crippen molar-refractivity contribution in [2.24, 2.45) is 0 Å². The van der Waals surface area contributed by atoms with Crippen LogP contribution in [0, 0.1) is 0 Å². The van der Waals surface area contributed by atoms with Gasteiger partial charge in [0.25, 0.3) is 0 Å². The van der Waals surface area contributed by atoms with Gasteiger partial charge in [-0.15, -0.1) is 0 Å². The summed E-state index contributed by atoms with van der Waals surface area (Å²) in [5.41, 5.74) is 0.322. The smallest absolute Gasteiger partial charge is 0.380 e. The molecule has 0 atom stereocenters. The van der Waals surface area contributed by atoms with Crippen molar-refractivity contribution in [1.29, 1.82) is 0 Å². The number of ether oxygens (including phenoxy) is 2. The van der Waals surface area contributed by atoms with E-state index in [1.807, 2.05) is 0 Å². The minimum atomic E-state index is -0.935. The van der Waals surface area contributed by atoms with Crippen LogP contribution in [-0.4, -0.2) is 30.1 Å². The molecule has 0 heterocycles. The Labute approximate surface area is 105 Å². The topological polar surface area (TPSA) is 89.9 Å². The fraction of sp³-hybridized carbons (Fsp3) is 0.250. The number of rotatable bonds is 4. The number of esters is 2. The van der Waals surface area contributed by atoms with Gasteiger partial charge < -0.3 is 14.6 Å². The number of carboxylic acids is 1. The Kier molecular flexibility index (Phi) is 8.75. The Morgan fingerprint density at radius 1 is 0.944 bits per heavy atom. The van der Waals surface area contributed by atoms with E-state index in [4.69, 9.17) is 5.11 Å². The quantitative estimate of drug-likeness (QED) is 0.354. The van der Waals surface area contributed by atoms with Gasteiger partial charge in [-0.05, 0) is 20.4 Å². The third-order valence-electron chi connectivity index (χ3n) is 1.37. The number of hydrogen-bond acceptors (Lipinski definition) is 5. The van der Waals surface area contributed by atoms with E-state index in [9.17, 15) is 14.4 Å². The summed E-state index contributed by atoms with van der Waals surface area (Å²) in [6.07, 6.45) is 0. The minimum Gasteiger partial charge on any atom is -0.490 e. The fourth-order valence-corrected chi connectivity index (χ4v) is 0.312. The molecule has 0 fully saturated rings. The molecule has 0 rings (SSSR count). The first-order valence-electron chi connectivity index (χ1n) is 4.67. The average Bonchev–Trinajstić information content (AvgIpc) is 2.28. The van der Waals surface area contributed by atoms with Crippen molar-refractivity contribution in [2.75, 3.05) is 7.11 Å². The van der Waals surface area contributed by atoms with Crippen molar-refractivity contribution in [3.63, 3.8) is 0 Å². The highest BCUT2D eigenvalue weighted by Crippen LogP contribution is 1.99. The molecule has 18 heavy (non-hydrogen) atoms. The second kappa shape index (κ2) is 8.74. The van der Waals surface area contributed by atoms with Gasteiger partial charge >= 0.3 is 17.9 Å². The molecule has 0 amide bonds. The van der Waals surface area contributed by atoms with Crippen LogP contribution in [0.15, 0.2) is 36.6 Å². The van der Waals surface area contributed by atoms with E-state index in [2.05, 4.69) is 29.2 Å². The van der Waals surface area contributed by atoms with E-state index in [0.717, 1.165) is 0 Å². The van der Waals surface area contributed by atoms with E-state index in [1.165, 1.54) is 21.0 Å². The lowest BCUT2D eigenvalue weighted by atomic mass is 10.4. The molecule has 6 heteroatoms. The van der Waals surface area contributed by atoms with Gasteiger partial charge in [0.2, 0.25) is 0 Å². The van der Waals surface area contributed by atoms with Crippen LogP contribution in [0.4, 0.5) is 0 Å². The molecule has 0 aromatic carbocycles. The van der Waals surface area contributed by atoms with Gasteiger partial charge in [0.15, 0.2) is 5.76 Å². The molecule has 0 bridgehead atoms. The molecular weight excluding hydrogens is 240 g/mol. The van der Waals surface area contributed by atoms with Crippen LogP contribution in [0.25, 0.3) is 0 Å². The Morgan fingerprint density at radius 2 is 1.33 bits per heavy atom. The molecule has 0 aromatic heterocycles. The first-order valence-corrected chi connectivity index (χ1v) is 4.67. The van der Waals surface area contributed by atoms with Crippen LogP contribution in [0.3, 0.4) is 0 Å². The average molecular weight is 256 g/mol. The zero-order chi connectivity index (χ0) is 14.9. The van der Waals surface area contributed by atoms with Crippen LogP contribution in [-0.2, 0) is 23.9 Å². The number of methoxy groups -OCH3 is 1. The zero-order valence-corrected chi connectivity index (χ0v) is 10.6. The molecule has 1 N–H and O–H groups in total. The van der Waals surface area contributed by atoms with Gasteiger partial charge in [-0.25, -0.2) is 14.4 Å². The maximum Gasteiger partial charge on any atom is 0.380 e. The second-order valence-corrected chi connectivity index (χ2v) is 3.17. The van der Waals surface area contributed by atoms with Crippen molar-refractivity contribution in [2.45, 2.75) is 13.8 Å². The molecule has 0 radical (unpaired) electrons. The highest BCUT2D eigenvalue weighted by Gasteiger charge is 2.14. The van der Waals surface area contributed by atoms with Crippen molar-refractivity contribution in [3.05, 3.63) is 36.6 Å². The lowest BCUT2D eigenvalue weighted by Gasteiger charge is -2.02. The Balaban J connectivity index is 0. The molecule has 0 saturated carbocycles. The maximum absolute atomic E-state index is 10.8. The van der Waals surface area contributed by atoms with Crippen LogP contribution in [0.5, 0.6) is 0 Å². The molecule has 0 unspecified atom stereocenters. The summed E-state index contributed by atoms with van der Waals surface area (Å²) in [6.45, 7) is 12.5. The Bertz CT molecular complexity index is 379. The standard InChI is InChI=1S/C8H10O4.C4H6O2/c1-5(2)7(9)12-8(10)6(3)11-4;1-3(2)4(5)6/h1,3H2,2,4H3;1H2,2H3,(H,5,6). The van der Waals surface area contributed by atoms with Gasteiger partial charge in [0, 0.05) is 11.1 Å². The van der Waals surface area contributed by atoms with Crippen molar-refractivity contribution >= 4 is 17.9 Å². The van der Waals surface area contributed by atoms with Gasteiger partial charge in [-0.3, -0.25) is 0 Å². The number of aliphatic carboxylic acids is 1. The molecule has 100 valence electrons. The molecule has 0 spiro atoms. The summed E-state index contributed by atoms with van der Waals surface area (Å²) in [4.78, 5) is 31.1. The summed E-state index contributed by atoms with van der Waals surface area (Å²) < 4.78 is 8.70. The second-order valence-electron chi connectivity index (χ2n) is 3.17. The number of hydrogen-bond donors (Lipinski definition) is 1. The van der Waals surface area contributed by atoms with Crippen LogP contribution >= 0.6 is 0 Å².